The number of thiazole rings is 1. The Morgan fingerprint density at radius 1 is 0.914 bits per heavy atom. The third kappa shape index (κ3) is 6.39. The molecule has 1 amide bonds. The first-order chi connectivity index (χ1) is 17.1. The summed E-state index contributed by atoms with van der Waals surface area (Å²) in [5, 5.41) is 5.91. The van der Waals surface area contributed by atoms with Crippen LogP contribution >= 0.6 is 11.3 Å². The van der Waals surface area contributed by atoms with Gasteiger partial charge < -0.3 is 19.5 Å². The lowest BCUT2D eigenvalue weighted by Crippen LogP contribution is -2.24. The van der Waals surface area contributed by atoms with Gasteiger partial charge in [-0.15, -0.1) is 11.3 Å². The Kier molecular flexibility index (Phi) is 8.00. The largest absolute Gasteiger partial charge is 0.493 e. The van der Waals surface area contributed by atoms with Crippen molar-refractivity contribution in [3.8, 4) is 39.1 Å². The fourth-order valence-electron chi connectivity index (χ4n) is 3.48. The quantitative estimate of drug-likeness (QED) is 0.302. The van der Waals surface area contributed by atoms with E-state index in [0.29, 0.717) is 31.1 Å². The van der Waals surface area contributed by atoms with Gasteiger partial charge in [0.25, 0.3) is 0 Å². The highest BCUT2D eigenvalue weighted by Crippen LogP contribution is 2.34. The van der Waals surface area contributed by atoms with E-state index in [1.165, 1.54) is 5.56 Å². The molecule has 35 heavy (non-hydrogen) atoms. The summed E-state index contributed by atoms with van der Waals surface area (Å²) >= 11 is 1.59. The molecule has 0 unspecified atom stereocenters. The second kappa shape index (κ2) is 11.5. The van der Waals surface area contributed by atoms with Crippen molar-refractivity contribution in [1.82, 2.24) is 10.3 Å². The van der Waals surface area contributed by atoms with Gasteiger partial charge in [-0.2, -0.15) is 0 Å². The van der Waals surface area contributed by atoms with E-state index in [2.05, 4.69) is 5.32 Å². The summed E-state index contributed by atoms with van der Waals surface area (Å²) in [7, 11) is 3.24. The molecule has 180 valence electrons. The van der Waals surface area contributed by atoms with Crippen LogP contribution in [0.2, 0.25) is 0 Å². The van der Waals surface area contributed by atoms with Gasteiger partial charge >= 0.3 is 0 Å². The Morgan fingerprint density at radius 2 is 1.63 bits per heavy atom. The number of benzene rings is 3. The zero-order valence-corrected chi connectivity index (χ0v) is 20.9. The standard InChI is InChI=1S/C28H28N2O4S/c1-19-4-11-23(12-5-19)34-15-14-27(31)29-17-20-6-8-21(9-7-20)28-30-24(18-35-28)22-10-13-25(32-2)26(16-22)33-3/h4-13,16,18H,14-15,17H2,1-3H3,(H,29,31). The van der Waals surface area contributed by atoms with Crippen LogP contribution in [0.4, 0.5) is 0 Å². The van der Waals surface area contributed by atoms with Crippen LogP contribution in [0.15, 0.2) is 72.1 Å². The van der Waals surface area contributed by atoms with Crippen LogP contribution in [0.5, 0.6) is 17.2 Å². The lowest BCUT2D eigenvalue weighted by atomic mass is 10.1. The van der Waals surface area contributed by atoms with Crippen molar-refractivity contribution < 1.29 is 19.0 Å². The molecule has 0 saturated carbocycles. The number of ether oxygens (including phenoxy) is 3. The fraction of sp³-hybridized carbons (Fsp3) is 0.214. The molecule has 4 rings (SSSR count). The van der Waals surface area contributed by atoms with Crippen molar-refractivity contribution >= 4 is 17.2 Å². The predicted molar refractivity (Wildman–Crippen MR) is 139 cm³/mol. The van der Waals surface area contributed by atoms with Gasteiger partial charge in [-0.1, -0.05) is 42.0 Å². The van der Waals surface area contributed by atoms with E-state index >= 15 is 0 Å². The molecule has 4 aromatic rings. The van der Waals surface area contributed by atoms with Crippen molar-refractivity contribution in [3.63, 3.8) is 0 Å². The monoisotopic (exact) mass is 488 g/mol. The molecule has 6 nitrogen and oxygen atoms in total. The van der Waals surface area contributed by atoms with Gasteiger partial charge in [-0.25, -0.2) is 4.98 Å². The molecule has 1 heterocycles. The first kappa shape index (κ1) is 24.3. The summed E-state index contributed by atoms with van der Waals surface area (Å²) in [6.45, 7) is 2.84. The van der Waals surface area contributed by atoms with Crippen LogP contribution in [-0.2, 0) is 11.3 Å². The average Bonchev–Trinajstić information content (AvgIpc) is 3.39. The number of hydrogen-bond donors (Lipinski definition) is 1. The van der Waals surface area contributed by atoms with Gasteiger partial charge in [0.2, 0.25) is 5.91 Å². The Labute approximate surface area is 209 Å². The summed E-state index contributed by atoms with van der Waals surface area (Å²) in [6.07, 6.45) is 0.310. The van der Waals surface area contributed by atoms with E-state index in [1.54, 1.807) is 25.6 Å². The van der Waals surface area contributed by atoms with Crippen LogP contribution in [0.25, 0.3) is 21.8 Å². The van der Waals surface area contributed by atoms with Gasteiger partial charge in [0.15, 0.2) is 11.5 Å². The number of nitrogens with one attached hydrogen (secondary N) is 1. The third-order valence-electron chi connectivity index (χ3n) is 5.49. The molecule has 1 N–H and O–H groups in total. The molecule has 7 heteroatoms. The lowest BCUT2D eigenvalue weighted by Gasteiger charge is -2.08. The Hall–Kier alpha value is -3.84. The maximum absolute atomic E-state index is 12.2. The summed E-state index contributed by atoms with van der Waals surface area (Å²) < 4.78 is 16.3. The second-order valence-corrected chi connectivity index (χ2v) is 8.85. The summed E-state index contributed by atoms with van der Waals surface area (Å²) in [5.74, 6) is 2.09. The molecule has 0 atom stereocenters. The number of nitrogens with zero attached hydrogens (tertiary/aromatic N) is 1. The van der Waals surface area contributed by atoms with E-state index in [9.17, 15) is 4.79 Å². The SMILES string of the molecule is COc1ccc(-c2csc(-c3ccc(CNC(=O)CCOc4ccc(C)cc4)cc3)n2)cc1OC. The molecule has 1 aromatic heterocycles. The van der Waals surface area contributed by atoms with Crippen molar-refractivity contribution in [2.45, 2.75) is 19.9 Å². The first-order valence-electron chi connectivity index (χ1n) is 11.3. The normalized spacial score (nSPS) is 10.6. The predicted octanol–water partition coefficient (Wildman–Crippen LogP) is 5.89. The molecule has 0 aliphatic rings. The van der Waals surface area contributed by atoms with Crippen LogP contribution in [0.1, 0.15) is 17.5 Å². The van der Waals surface area contributed by atoms with Crippen molar-refractivity contribution in [2.24, 2.45) is 0 Å². The molecule has 0 bridgehead atoms. The maximum atomic E-state index is 12.2. The van der Waals surface area contributed by atoms with Crippen molar-refractivity contribution in [1.29, 1.82) is 0 Å². The minimum Gasteiger partial charge on any atom is -0.493 e. The highest BCUT2D eigenvalue weighted by atomic mass is 32.1. The Bertz CT molecular complexity index is 1270. The highest BCUT2D eigenvalue weighted by Gasteiger charge is 2.11. The zero-order chi connectivity index (χ0) is 24.6. The van der Waals surface area contributed by atoms with Gasteiger partial charge in [-0.05, 0) is 42.8 Å². The minimum atomic E-state index is -0.0410. The van der Waals surface area contributed by atoms with Crippen LogP contribution in [0.3, 0.4) is 0 Å². The highest BCUT2D eigenvalue weighted by molar-refractivity contribution is 7.13. The number of hydrogen-bond acceptors (Lipinski definition) is 6. The Balaban J connectivity index is 1.29. The van der Waals surface area contributed by atoms with E-state index < -0.39 is 0 Å². The number of amides is 1. The van der Waals surface area contributed by atoms with Crippen molar-refractivity contribution in [2.75, 3.05) is 20.8 Å². The lowest BCUT2D eigenvalue weighted by molar-refractivity contribution is -0.121. The van der Waals surface area contributed by atoms with Crippen LogP contribution < -0.4 is 19.5 Å². The molecular formula is C28H28N2O4S. The van der Waals surface area contributed by atoms with E-state index in [-0.39, 0.29) is 5.91 Å². The molecule has 0 radical (unpaired) electrons. The number of rotatable bonds is 10. The van der Waals surface area contributed by atoms with E-state index in [1.807, 2.05) is 79.0 Å². The molecule has 3 aromatic carbocycles. The molecular weight excluding hydrogens is 460 g/mol. The van der Waals surface area contributed by atoms with E-state index in [0.717, 1.165) is 33.1 Å². The van der Waals surface area contributed by atoms with Gasteiger partial charge in [-0.3, -0.25) is 4.79 Å². The van der Waals surface area contributed by atoms with Gasteiger partial charge in [0.05, 0.1) is 32.9 Å². The molecule has 0 aliphatic carbocycles. The van der Waals surface area contributed by atoms with Crippen LogP contribution in [-0.4, -0.2) is 31.7 Å². The average molecular weight is 489 g/mol. The molecule has 0 spiro atoms. The van der Waals surface area contributed by atoms with Crippen LogP contribution in [0, 0.1) is 6.92 Å². The molecule has 0 saturated heterocycles. The van der Waals surface area contributed by atoms with Gasteiger partial charge in [0, 0.05) is 23.1 Å². The second-order valence-electron chi connectivity index (χ2n) is 7.99. The maximum Gasteiger partial charge on any atom is 0.223 e. The third-order valence-corrected chi connectivity index (χ3v) is 6.38. The zero-order valence-electron chi connectivity index (χ0n) is 20.0. The number of aromatic nitrogens is 1. The summed E-state index contributed by atoms with van der Waals surface area (Å²) in [4.78, 5) is 16.9. The topological polar surface area (TPSA) is 69.7 Å². The Morgan fingerprint density at radius 3 is 2.34 bits per heavy atom. The first-order valence-corrected chi connectivity index (χ1v) is 12.2. The molecule has 0 fully saturated rings. The number of carbonyl (C=O) groups is 1. The summed E-state index contributed by atoms with van der Waals surface area (Å²) in [5.41, 5.74) is 5.09. The number of methoxy groups -OCH3 is 2. The van der Waals surface area contributed by atoms with Crippen molar-refractivity contribution in [3.05, 3.63) is 83.2 Å². The minimum absolute atomic E-state index is 0.0410. The number of aryl methyl sites for hydroxylation is 1. The van der Waals surface area contributed by atoms with Gasteiger partial charge in [0.1, 0.15) is 10.8 Å². The fourth-order valence-corrected chi connectivity index (χ4v) is 4.32. The summed E-state index contributed by atoms with van der Waals surface area (Å²) in [6, 6.07) is 21.6. The smallest absolute Gasteiger partial charge is 0.223 e. The molecule has 0 aliphatic heterocycles. The van der Waals surface area contributed by atoms with E-state index in [4.69, 9.17) is 19.2 Å². The number of carbonyl (C=O) groups excluding carboxylic acids is 1.